The second kappa shape index (κ2) is 6.23. The molecule has 6 heteroatoms. The Morgan fingerprint density at radius 1 is 1.26 bits per heavy atom. The zero-order valence-corrected chi connectivity index (χ0v) is 16.1. The predicted molar refractivity (Wildman–Crippen MR) is 92.4 cm³/mol. The van der Waals surface area contributed by atoms with E-state index >= 15 is 0 Å². The number of fused-ring (bicyclic) bond motifs is 1. The molecule has 1 amide bonds. The minimum absolute atomic E-state index is 0.107. The van der Waals surface area contributed by atoms with Crippen LogP contribution in [0, 0.1) is 5.41 Å². The molecule has 1 heterocycles. The summed E-state index contributed by atoms with van der Waals surface area (Å²) in [4.78, 5) is 12.8. The number of hydrogen-bond acceptors (Lipinski definition) is 4. The van der Waals surface area contributed by atoms with Crippen LogP contribution in [0.2, 0.25) is 0 Å². The van der Waals surface area contributed by atoms with Gasteiger partial charge < -0.3 is 19.5 Å². The normalized spacial score (nSPS) is 13.9. The Morgan fingerprint density at radius 2 is 1.87 bits per heavy atom. The fourth-order valence-electron chi connectivity index (χ4n) is 3.12. The van der Waals surface area contributed by atoms with E-state index in [0.29, 0.717) is 27.3 Å². The highest BCUT2D eigenvalue weighted by atomic mass is 79.9. The molecule has 1 aliphatic rings. The van der Waals surface area contributed by atoms with E-state index in [-0.39, 0.29) is 23.7 Å². The lowest BCUT2D eigenvalue weighted by Crippen LogP contribution is -2.45. The number of methoxy groups -OCH3 is 1. The van der Waals surface area contributed by atoms with Gasteiger partial charge in [0.05, 0.1) is 17.1 Å². The van der Waals surface area contributed by atoms with Gasteiger partial charge in [0.2, 0.25) is 12.5 Å². The molecule has 0 atom stereocenters. The van der Waals surface area contributed by atoms with Gasteiger partial charge in [0.1, 0.15) is 0 Å². The SMILES string of the molecule is COc1c(C(=O)NC(C)(C)CC(C)(C)C)cc(Br)c2c1OCO2. The van der Waals surface area contributed by atoms with Crippen molar-refractivity contribution >= 4 is 21.8 Å². The summed E-state index contributed by atoms with van der Waals surface area (Å²) in [6.07, 6.45) is 0.847. The summed E-state index contributed by atoms with van der Waals surface area (Å²) in [6.45, 7) is 10.6. The number of rotatable bonds is 4. The molecule has 2 rings (SSSR count). The topological polar surface area (TPSA) is 56.8 Å². The molecule has 0 saturated carbocycles. The van der Waals surface area contributed by atoms with Crippen LogP contribution in [0.25, 0.3) is 0 Å². The quantitative estimate of drug-likeness (QED) is 0.846. The van der Waals surface area contributed by atoms with Crippen molar-refractivity contribution in [2.75, 3.05) is 13.9 Å². The average Bonchev–Trinajstić information content (AvgIpc) is 2.84. The molecule has 0 fully saturated rings. The van der Waals surface area contributed by atoms with Gasteiger partial charge in [-0.2, -0.15) is 0 Å². The number of nitrogens with one attached hydrogen (secondary N) is 1. The van der Waals surface area contributed by atoms with Crippen LogP contribution in [0.1, 0.15) is 51.4 Å². The second-order valence-corrected chi connectivity index (χ2v) is 8.43. The zero-order chi connectivity index (χ0) is 17.4. The van der Waals surface area contributed by atoms with Crippen molar-refractivity contribution in [2.45, 2.75) is 46.6 Å². The van der Waals surface area contributed by atoms with Crippen LogP contribution in [0.4, 0.5) is 0 Å². The average molecular weight is 386 g/mol. The fourth-order valence-corrected chi connectivity index (χ4v) is 3.64. The first-order chi connectivity index (χ1) is 10.5. The number of benzene rings is 1. The predicted octanol–water partition coefficient (Wildman–Crippen LogP) is 4.13. The molecule has 1 N–H and O–H groups in total. The van der Waals surface area contributed by atoms with Crippen molar-refractivity contribution in [1.82, 2.24) is 5.32 Å². The van der Waals surface area contributed by atoms with Crippen LogP contribution >= 0.6 is 15.9 Å². The number of amides is 1. The molecule has 5 nitrogen and oxygen atoms in total. The molecule has 0 aliphatic carbocycles. The fraction of sp³-hybridized carbons (Fsp3) is 0.588. The van der Waals surface area contributed by atoms with E-state index in [0.717, 1.165) is 6.42 Å². The van der Waals surface area contributed by atoms with Crippen LogP contribution < -0.4 is 19.5 Å². The van der Waals surface area contributed by atoms with Gasteiger partial charge in [0, 0.05) is 5.54 Å². The van der Waals surface area contributed by atoms with E-state index in [4.69, 9.17) is 14.2 Å². The first-order valence-corrected chi connectivity index (χ1v) is 8.32. The van der Waals surface area contributed by atoms with E-state index < -0.39 is 0 Å². The number of ether oxygens (including phenoxy) is 3. The third-order valence-electron chi connectivity index (χ3n) is 3.42. The van der Waals surface area contributed by atoms with Gasteiger partial charge >= 0.3 is 0 Å². The molecular weight excluding hydrogens is 362 g/mol. The molecule has 23 heavy (non-hydrogen) atoms. The summed E-state index contributed by atoms with van der Waals surface area (Å²) in [7, 11) is 1.52. The van der Waals surface area contributed by atoms with E-state index in [1.807, 2.05) is 13.8 Å². The van der Waals surface area contributed by atoms with Crippen LogP contribution in [0.15, 0.2) is 10.5 Å². The Kier molecular flexibility index (Phi) is 4.85. The van der Waals surface area contributed by atoms with Gasteiger partial charge in [-0.3, -0.25) is 4.79 Å². The summed E-state index contributed by atoms with van der Waals surface area (Å²) in [5.41, 5.74) is 0.185. The Labute approximate surface area is 145 Å². The summed E-state index contributed by atoms with van der Waals surface area (Å²) < 4.78 is 16.9. The maximum Gasteiger partial charge on any atom is 0.255 e. The lowest BCUT2D eigenvalue weighted by atomic mass is 9.81. The molecule has 1 aliphatic heterocycles. The van der Waals surface area contributed by atoms with E-state index in [1.165, 1.54) is 7.11 Å². The molecule has 0 spiro atoms. The maximum absolute atomic E-state index is 12.8. The van der Waals surface area contributed by atoms with Crippen molar-refractivity contribution in [3.05, 3.63) is 16.1 Å². The highest BCUT2D eigenvalue weighted by molar-refractivity contribution is 9.10. The molecule has 0 aromatic heterocycles. The van der Waals surface area contributed by atoms with E-state index in [9.17, 15) is 4.79 Å². The van der Waals surface area contributed by atoms with E-state index in [1.54, 1.807) is 6.07 Å². The smallest absolute Gasteiger partial charge is 0.255 e. The second-order valence-electron chi connectivity index (χ2n) is 7.58. The summed E-state index contributed by atoms with van der Waals surface area (Å²) >= 11 is 3.42. The van der Waals surface area contributed by atoms with Crippen LogP contribution in [-0.2, 0) is 0 Å². The highest BCUT2D eigenvalue weighted by Gasteiger charge is 2.32. The molecule has 1 aromatic carbocycles. The lowest BCUT2D eigenvalue weighted by molar-refractivity contribution is 0.0887. The van der Waals surface area contributed by atoms with Gasteiger partial charge in [-0.15, -0.1) is 0 Å². The molecule has 0 saturated heterocycles. The standard InChI is InChI=1S/C17H24BrNO4/c1-16(2,3)8-17(4,5)19-15(20)10-7-11(18)13-14(12(10)21-6)23-9-22-13/h7H,8-9H2,1-6H3,(H,19,20). The number of hydrogen-bond donors (Lipinski definition) is 1. The Balaban J connectivity index is 2.32. The van der Waals surface area contributed by atoms with Gasteiger partial charge in [0.15, 0.2) is 11.5 Å². The Morgan fingerprint density at radius 3 is 2.43 bits per heavy atom. The monoisotopic (exact) mass is 385 g/mol. The lowest BCUT2D eigenvalue weighted by Gasteiger charge is -2.33. The number of halogens is 1. The summed E-state index contributed by atoms with van der Waals surface area (Å²) in [6, 6.07) is 1.70. The zero-order valence-electron chi connectivity index (χ0n) is 14.5. The van der Waals surface area contributed by atoms with Crippen molar-refractivity contribution in [1.29, 1.82) is 0 Å². The van der Waals surface area contributed by atoms with E-state index in [2.05, 4.69) is 42.0 Å². The summed E-state index contributed by atoms with van der Waals surface area (Å²) in [5.74, 6) is 1.22. The molecule has 1 aromatic rings. The van der Waals surface area contributed by atoms with Crippen molar-refractivity contribution in [3.63, 3.8) is 0 Å². The van der Waals surface area contributed by atoms with Gasteiger partial charge in [-0.1, -0.05) is 20.8 Å². The maximum atomic E-state index is 12.8. The Hall–Kier alpha value is -1.43. The molecule has 0 unspecified atom stereocenters. The van der Waals surface area contributed by atoms with Gasteiger partial charge in [-0.25, -0.2) is 0 Å². The van der Waals surface area contributed by atoms with Gasteiger partial charge in [-0.05, 0) is 47.7 Å². The first-order valence-electron chi connectivity index (χ1n) is 7.53. The minimum atomic E-state index is -0.344. The molecule has 0 bridgehead atoms. The van der Waals surface area contributed by atoms with Crippen LogP contribution in [-0.4, -0.2) is 25.3 Å². The van der Waals surface area contributed by atoms with Crippen molar-refractivity contribution < 1.29 is 19.0 Å². The van der Waals surface area contributed by atoms with Crippen LogP contribution in [0.5, 0.6) is 17.2 Å². The minimum Gasteiger partial charge on any atom is -0.492 e. The first kappa shape index (κ1) is 17.9. The highest BCUT2D eigenvalue weighted by Crippen LogP contribution is 2.48. The molecule has 128 valence electrons. The van der Waals surface area contributed by atoms with Gasteiger partial charge in [0.25, 0.3) is 5.91 Å². The Bertz CT molecular complexity index is 620. The summed E-state index contributed by atoms with van der Waals surface area (Å²) in [5, 5.41) is 3.09. The van der Waals surface area contributed by atoms with Crippen LogP contribution in [0.3, 0.4) is 0 Å². The number of carbonyl (C=O) groups excluding carboxylic acids is 1. The molecular formula is C17H24BrNO4. The number of carbonyl (C=O) groups is 1. The third kappa shape index (κ3) is 4.10. The van der Waals surface area contributed by atoms with Crippen molar-refractivity contribution in [3.8, 4) is 17.2 Å². The molecule has 0 radical (unpaired) electrons. The van der Waals surface area contributed by atoms with Crippen molar-refractivity contribution in [2.24, 2.45) is 5.41 Å². The third-order valence-corrected chi connectivity index (χ3v) is 4.01. The largest absolute Gasteiger partial charge is 0.492 e.